The van der Waals surface area contributed by atoms with Crippen LogP contribution in [-0.2, 0) is 29.3 Å². The Labute approximate surface area is 193 Å². The summed E-state index contributed by atoms with van der Waals surface area (Å²) in [6.07, 6.45) is -0.557. The van der Waals surface area contributed by atoms with Crippen molar-refractivity contribution in [2.45, 2.75) is 18.3 Å². The van der Waals surface area contributed by atoms with E-state index in [0.717, 1.165) is 4.90 Å². The number of hydrogen-bond acceptors (Lipinski definition) is 6. The van der Waals surface area contributed by atoms with Crippen LogP contribution in [0.25, 0.3) is 0 Å². The van der Waals surface area contributed by atoms with Gasteiger partial charge in [-0.2, -0.15) is 0 Å². The lowest BCUT2D eigenvalue weighted by Gasteiger charge is -2.36. The Morgan fingerprint density at radius 1 is 1.12 bits per heavy atom. The average Bonchev–Trinajstić information content (AvgIpc) is 3.02. The number of imide groups is 1. The fourth-order valence-corrected chi connectivity index (χ4v) is 4.36. The van der Waals surface area contributed by atoms with Crippen LogP contribution in [0.2, 0.25) is 0 Å². The van der Waals surface area contributed by atoms with Crippen molar-refractivity contribution in [1.29, 1.82) is 0 Å². The zero-order chi connectivity index (χ0) is 24.2. The van der Waals surface area contributed by atoms with Crippen molar-refractivity contribution in [2.75, 3.05) is 67.1 Å². The first-order valence-corrected chi connectivity index (χ1v) is 11.0. The smallest absolute Gasteiger partial charge is 0.241 e. The first kappa shape index (κ1) is 24.8. The molecule has 1 atom stereocenters. The lowest BCUT2D eigenvalue weighted by atomic mass is 9.75. The van der Waals surface area contributed by atoms with Gasteiger partial charge in [0.05, 0.1) is 25.1 Å². The van der Waals surface area contributed by atoms with Crippen LogP contribution in [0, 0.1) is 5.82 Å². The highest BCUT2D eigenvalue weighted by atomic mass is 19.1. The molecule has 0 N–H and O–H groups in total. The number of nitrogens with zero attached hydrogens (tertiary/aromatic N) is 4. The van der Waals surface area contributed by atoms with E-state index in [0.29, 0.717) is 26.2 Å². The van der Waals surface area contributed by atoms with Crippen molar-refractivity contribution in [3.63, 3.8) is 0 Å². The van der Waals surface area contributed by atoms with Crippen LogP contribution in [0.5, 0.6) is 0 Å². The van der Waals surface area contributed by atoms with Gasteiger partial charge in [0.2, 0.25) is 23.6 Å². The number of benzene rings is 1. The van der Waals surface area contributed by atoms with Crippen molar-refractivity contribution < 1.29 is 28.3 Å². The number of ether oxygens (including phenoxy) is 1. The predicted molar refractivity (Wildman–Crippen MR) is 118 cm³/mol. The molecule has 2 heterocycles. The molecule has 4 amide bonds. The number of rotatable bonds is 8. The molecule has 9 nitrogen and oxygen atoms in total. The molecular formula is C23H31FN4O5. The van der Waals surface area contributed by atoms with Crippen LogP contribution in [0.1, 0.15) is 18.4 Å². The van der Waals surface area contributed by atoms with Crippen molar-refractivity contribution >= 4 is 23.6 Å². The van der Waals surface area contributed by atoms with Crippen LogP contribution >= 0.6 is 0 Å². The fraction of sp³-hybridized carbons (Fsp3) is 0.565. The molecule has 1 unspecified atom stereocenters. The van der Waals surface area contributed by atoms with E-state index in [9.17, 15) is 23.6 Å². The first-order valence-electron chi connectivity index (χ1n) is 11.0. The predicted octanol–water partition coefficient (Wildman–Crippen LogP) is 0.0913. The quantitative estimate of drug-likeness (QED) is 0.509. The third-order valence-corrected chi connectivity index (χ3v) is 6.35. The molecule has 10 heteroatoms. The Bertz CT molecular complexity index is 916. The lowest BCUT2D eigenvalue weighted by Crippen LogP contribution is -2.52. The molecule has 1 aromatic rings. The molecule has 2 aliphatic heterocycles. The molecule has 0 aromatic heterocycles. The minimum Gasteiger partial charge on any atom is -0.383 e. The topological polar surface area (TPSA) is 90.5 Å². The number of carbonyl (C=O) groups is 4. The highest BCUT2D eigenvalue weighted by Crippen LogP contribution is 2.41. The van der Waals surface area contributed by atoms with Crippen molar-refractivity contribution in [3.8, 4) is 0 Å². The second-order valence-corrected chi connectivity index (χ2v) is 8.70. The van der Waals surface area contributed by atoms with Gasteiger partial charge in [0.15, 0.2) is 0 Å². The van der Waals surface area contributed by atoms with Crippen LogP contribution < -0.4 is 0 Å². The summed E-state index contributed by atoms with van der Waals surface area (Å²) < 4.78 is 19.8. The van der Waals surface area contributed by atoms with Crippen LogP contribution in [0.4, 0.5) is 4.39 Å². The summed E-state index contributed by atoms with van der Waals surface area (Å²) in [5.74, 6) is -1.96. The van der Waals surface area contributed by atoms with E-state index in [1.807, 2.05) is 4.90 Å². The minimum atomic E-state index is -1.58. The lowest BCUT2D eigenvalue weighted by molar-refractivity contribution is -0.144. The van der Waals surface area contributed by atoms with Gasteiger partial charge in [-0.15, -0.1) is 0 Å². The van der Waals surface area contributed by atoms with Crippen molar-refractivity contribution in [1.82, 2.24) is 19.6 Å². The number of methoxy groups -OCH3 is 1. The highest BCUT2D eigenvalue weighted by Gasteiger charge is 2.55. The summed E-state index contributed by atoms with van der Waals surface area (Å²) in [4.78, 5) is 57.5. The van der Waals surface area contributed by atoms with E-state index >= 15 is 0 Å². The van der Waals surface area contributed by atoms with E-state index in [2.05, 4.69) is 0 Å². The van der Waals surface area contributed by atoms with E-state index < -0.39 is 23.0 Å². The zero-order valence-electron chi connectivity index (χ0n) is 19.4. The number of piperazine rings is 1. The van der Waals surface area contributed by atoms with E-state index in [1.165, 1.54) is 30.2 Å². The Morgan fingerprint density at radius 2 is 1.79 bits per heavy atom. The molecule has 0 spiro atoms. The highest BCUT2D eigenvalue weighted by molar-refractivity contribution is 6.10. The number of carbonyl (C=O) groups excluding carboxylic acids is 4. The summed E-state index contributed by atoms with van der Waals surface area (Å²) in [7, 11) is 4.85. The average molecular weight is 463 g/mol. The number of likely N-dealkylation sites (N-methyl/N-ethyl adjacent to an activating group) is 1. The van der Waals surface area contributed by atoms with Gasteiger partial charge < -0.3 is 14.5 Å². The van der Waals surface area contributed by atoms with Gasteiger partial charge in [-0.05, 0) is 6.07 Å². The fourth-order valence-electron chi connectivity index (χ4n) is 4.36. The van der Waals surface area contributed by atoms with E-state index in [1.54, 1.807) is 25.1 Å². The van der Waals surface area contributed by atoms with Gasteiger partial charge in [0, 0.05) is 65.8 Å². The maximum absolute atomic E-state index is 14.8. The van der Waals surface area contributed by atoms with Gasteiger partial charge in [-0.3, -0.25) is 29.0 Å². The minimum absolute atomic E-state index is 0.0144. The maximum atomic E-state index is 14.8. The number of amides is 4. The normalized spacial score (nSPS) is 21.6. The molecule has 2 aliphatic rings. The summed E-state index contributed by atoms with van der Waals surface area (Å²) in [6.45, 7) is 2.31. The summed E-state index contributed by atoms with van der Waals surface area (Å²) in [5, 5.41) is 0. The number of halogens is 1. The Hall–Kier alpha value is -2.85. The summed E-state index contributed by atoms with van der Waals surface area (Å²) in [5.41, 5.74) is -1.52. The van der Waals surface area contributed by atoms with Crippen LogP contribution in [0.3, 0.4) is 0 Å². The second kappa shape index (κ2) is 10.4. The van der Waals surface area contributed by atoms with E-state index in [-0.39, 0.29) is 49.9 Å². The van der Waals surface area contributed by atoms with Gasteiger partial charge in [-0.1, -0.05) is 18.2 Å². The Morgan fingerprint density at radius 3 is 2.39 bits per heavy atom. The molecule has 33 heavy (non-hydrogen) atoms. The molecular weight excluding hydrogens is 431 g/mol. The Kier molecular flexibility index (Phi) is 7.80. The number of hydrogen-bond donors (Lipinski definition) is 0. The summed E-state index contributed by atoms with van der Waals surface area (Å²) in [6, 6.07) is 5.81. The largest absolute Gasteiger partial charge is 0.383 e. The first-order chi connectivity index (χ1) is 15.7. The van der Waals surface area contributed by atoms with Gasteiger partial charge in [0.25, 0.3) is 0 Å². The molecule has 0 aliphatic carbocycles. The van der Waals surface area contributed by atoms with Crippen molar-refractivity contribution in [2.24, 2.45) is 0 Å². The number of likely N-dealkylation sites (tertiary alicyclic amines) is 1. The summed E-state index contributed by atoms with van der Waals surface area (Å²) >= 11 is 0. The van der Waals surface area contributed by atoms with E-state index in [4.69, 9.17) is 4.74 Å². The monoisotopic (exact) mass is 462 g/mol. The van der Waals surface area contributed by atoms with Crippen molar-refractivity contribution in [3.05, 3.63) is 35.6 Å². The van der Waals surface area contributed by atoms with Gasteiger partial charge in [-0.25, -0.2) is 4.39 Å². The van der Waals surface area contributed by atoms with Gasteiger partial charge >= 0.3 is 0 Å². The third-order valence-electron chi connectivity index (χ3n) is 6.35. The molecule has 2 fully saturated rings. The molecule has 3 rings (SSSR count). The maximum Gasteiger partial charge on any atom is 0.241 e. The molecule has 0 radical (unpaired) electrons. The standard InChI is InChI=1S/C23H31FN4O5/c1-25(2)21(31)16-26-8-10-27(11-9-26)19(29)14-23(17-6-4-5-7-18(17)24)15-20(30)28(22(23)32)12-13-33-3/h4-7H,8-16H2,1-3H3. The zero-order valence-corrected chi connectivity index (χ0v) is 19.4. The third kappa shape index (κ3) is 5.22. The Balaban J connectivity index is 1.78. The molecule has 180 valence electrons. The van der Waals surface area contributed by atoms with Crippen LogP contribution in [0.15, 0.2) is 24.3 Å². The molecule has 0 bridgehead atoms. The molecule has 0 saturated carbocycles. The second-order valence-electron chi connectivity index (χ2n) is 8.70. The molecule has 2 saturated heterocycles. The van der Waals surface area contributed by atoms with Crippen LogP contribution in [-0.4, -0.2) is 110 Å². The molecule has 1 aromatic carbocycles. The SMILES string of the molecule is COCCN1C(=O)CC(CC(=O)N2CCN(CC(=O)N(C)C)CC2)(c2ccccc2F)C1=O. The van der Waals surface area contributed by atoms with Gasteiger partial charge in [0.1, 0.15) is 5.82 Å².